The minimum absolute atomic E-state index is 0.122. The predicted octanol–water partition coefficient (Wildman–Crippen LogP) is 3.94. The Bertz CT molecular complexity index is 846. The maximum absolute atomic E-state index is 12.2. The highest BCUT2D eigenvalue weighted by Crippen LogP contribution is 2.27. The summed E-state index contributed by atoms with van der Waals surface area (Å²) in [5.74, 6) is 0.446. The van der Waals surface area contributed by atoms with E-state index in [4.69, 9.17) is 0 Å². The molecular formula is C20H19N3O. The van der Waals surface area contributed by atoms with Crippen molar-refractivity contribution in [1.82, 2.24) is 9.97 Å². The number of hydrogen-bond donors (Lipinski definition) is 1. The zero-order valence-corrected chi connectivity index (χ0v) is 13.8. The molecule has 0 saturated carbocycles. The Balaban J connectivity index is 1.84. The van der Waals surface area contributed by atoms with Gasteiger partial charge in [-0.15, -0.1) is 0 Å². The van der Waals surface area contributed by atoms with Crippen LogP contribution in [0.4, 0.5) is 5.82 Å². The van der Waals surface area contributed by atoms with Crippen LogP contribution in [0.2, 0.25) is 0 Å². The fourth-order valence-corrected chi connectivity index (χ4v) is 2.57. The number of carbonyl (C=O) groups is 1. The van der Waals surface area contributed by atoms with Crippen molar-refractivity contribution in [2.24, 2.45) is 0 Å². The molecule has 2 heterocycles. The van der Waals surface area contributed by atoms with Crippen LogP contribution in [0.5, 0.6) is 0 Å². The molecule has 120 valence electrons. The van der Waals surface area contributed by atoms with Crippen LogP contribution >= 0.6 is 0 Å². The number of amides is 1. The van der Waals surface area contributed by atoms with Gasteiger partial charge >= 0.3 is 0 Å². The van der Waals surface area contributed by atoms with Gasteiger partial charge in [0.2, 0.25) is 5.91 Å². The first kappa shape index (κ1) is 15.9. The summed E-state index contributed by atoms with van der Waals surface area (Å²) in [4.78, 5) is 20.9. The Morgan fingerprint density at radius 2 is 1.79 bits per heavy atom. The third-order valence-corrected chi connectivity index (χ3v) is 3.94. The quantitative estimate of drug-likeness (QED) is 0.793. The number of aromatic nitrogens is 2. The zero-order chi connectivity index (χ0) is 16.9. The molecule has 0 aliphatic heterocycles. The lowest BCUT2D eigenvalue weighted by atomic mass is 10.0. The Hall–Kier alpha value is -3.01. The van der Waals surface area contributed by atoms with Crippen molar-refractivity contribution >= 4 is 11.7 Å². The summed E-state index contributed by atoms with van der Waals surface area (Å²) in [6, 6.07) is 17.6. The van der Waals surface area contributed by atoms with Crippen LogP contribution in [0.25, 0.3) is 11.1 Å². The number of anilines is 1. The first-order chi connectivity index (χ1) is 11.6. The highest BCUT2D eigenvalue weighted by Gasteiger charge is 2.11. The Labute approximate surface area is 141 Å². The van der Waals surface area contributed by atoms with Gasteiger partial charge in [0.05, 0.1) is 6.42 Å². The summed E-state index contributed by atoms with van der Waals surface area (Å²) in [5, 5.41) is 2.88. The number of aryl methyl sites for hydroxylation is 1. The van der Waals surface area contributed by atoms with Gasteiger partial charge in [-0.05, 0) is 48.7 Å². The van der Waals surface area contributed by atoms with Crippen molar-refractivity contribution in [3.8, 4) is 11.1 Å². The molecule has 0 saturated heterocycles. The first-order valence-electron chi connectivity index (χ1n) is 7.87. The monoisotopic (exact) mass is 317 g/mol. The molecule has 3 aromatic rings. The molecule has 0 spiro atoms. The summed E-state index contributed by atoms with van der Waals surface area (Å²) in [5.41, 5.74) is 4.95. The maximum atomic E-state index is 12.2. The summed E-state index contributed by atoms with van der Waals surface area (Å²) >= 11 is 0. The minimum Gasteiger partial charge on any atom is -0.310 e. The molecule has 3 rings (SSSR count). The van der Waals surface area contributed by atoms with Crippen LogP contribution < -0.4 is 5.32 Å². The van der Waals surface area contributed by atoms with Gasteiger partial charge in [-0.3, -0.25) is 9.78 Å². The third kappa shape index (κ3) is 3.66. The van der Waals surface area contributed by atoms with E-state index in [1.807, 2.05) is 56.3 Å². The third-order valence-electron chi connectivity index (χ3n) is 3.94. The first-order valence-corrected chi connectivity index (χ1v) is 7.87. The van der Waals surface area contributed by atoms with Crippen LogP contribution in [0.3, 0.4) is 0 Å². The average molecular weight is 317 g/mol. The molecule has 0 aliphatic rings. The molecule has 24 heavy (non-hydrogen) atoms. The predicted molar refractivity (Wildman–Crippen MR) is 95.7 cm³/mol. The van der Waals surface area contributed by atoms with Crippen molar-refractivity contribution in [3.63, 3.8) is 0 Å². The minimum atomic E-state index is -0.122. The van der Waals surface area contributed by atoms with Gasteiger partial charge in [0.25, 0.3) is 0 Å². The highest BCUT2D eigenvalue weighted by molar-refractivity contribution is 5.92. The van der Waals surface area contributed by atoms with E-state index >= 15 is 0 Å². The number of hydrogen-bond acceptors (Lipinski definition) is 3. The number of rotatable bonds is 4. The SMILES string of the molecule is Cc1nc(NC(=O)Cc2ccccn2)cc(-c2ccccc2)c1C. The number of carbonyl (C=O) groups excluding carboxylic acids is 1. The molecule has 0 bridgehead atoms. The number of nitrogens with zero attached hydrogens (tertiary/aromatic N) is 2. The van der Waals surface area contributed by atoms with E-state index in [1.54, 1.807) is 6.20 Å². The second-order valence-corrected chi connectivity index (χ2v) is 5.68. The Kier molecular flexibility index (Phi) is 4.66. The van der Waals surface area contributed by atoms with Crippen LogP contribution in [0.15, 0.2) is 60.8 Å². The van der Waals surface area contributed by atoms with Gasteiger partial charge < -0.3 is 5.32 Å². The Morgan fingerprint density at radius 3 is 2.50 bits per heavy atom. The summed E-state index contributed by atoms with van der Waals surface area (Å²) in [6.07, 6.45) is 1.92. The second kappa shape index (κ2) is 7.04. The van der Waals surface area contributed by atoms with Gasteiger partial charge in [-0.2, -0.15) is 0 Å². The van der Waals surface area contributed by atoms with E-state index in [9.17, 15) is 4.79 Å². The van der Waals surface area contributed by atoms with Crippen LogP contribution in [-0.2, 0) is 11.2 Å². The average Bonchev–Trinajstić information content (AvgIpc) is 2.59. The van der Waals surface area contributed by atoms with E-state index in [2.05, 4.69) is 27.4 Å². The van der Waals surface area contributed by atoms with Gasteiger partial charge in [-0.25, -0.2) is 4.98 Å². The van der Waals surface area contributed by atoms with Crippen molar-refractivity contribution in [3.05, 3.63) is 77.7 Å². The smallest absolute Gasteiger partial charge is 0.231 e. The summed E-state index contributed by atoms with van der Waals surface area (Å²) in [7, 11) is 0. The van der Waals surface area contributed by atoms with Crippen molar-refractivity contribution in [2.75, 3.05) is 5.32 Å². The normalized spacial score (nSPS) is 10.4. The molecule has 1 aromatic carbocycles. The molecular weight excluding hydrogens is 298 g/mol. The zero-order valence-electron chi connectivity index (χ0n) is 13.8. The molecule has 0 fully saturated rings. The summed E-state index contributed by atoms with van der Waals surface area (Å²) in [6.45, 7) is 4.00. The van der Waals surface area contributed by atoms with E-state index in [0.29, 0.717) is 5.82 Å². The van der Waals surface area contributed by atoms with Crippen LogP contribution in [0.1, 0.15) is 17.0 Å². The standard InChI is InChI=1S/C20H19N3O/c1-14-15(2)22-19(13-18(14)16-8-4-3-5-9-16)23-20(24)12-17-10-6-7-11-21-17/h3-11,13H,12H2,1-2H3,(H,22,23,24). The molecule has 1 N–H and O–H groups in total. The number of nitrogens with one attached hydrogen (secondary N) is 1. The lowest BCUT2D eigenvalue weighted by molar-refractivity contribution is -0.115. The lowest BCUT2D eigenvalue weighted by Crippen LogP contribution is -2.16. The number of benzene rings is 1. The van der Waals surface area contributed by atoms with E-state index in [1.165, 1.54) is 0 Å². The van der Waals surface area contributed by atoms with Crippen LogP contribution in [0, 0.1) is 13.8 Å². The largest absolute Gasteiger partial charge is 0.310 e. The van der Waals surface area contributed by atoms with Crippen LogP contribution in [-0.4, -0.2) is 15.9 Å². The maximum Gasteiger partial charge on any atom is 0.231 e. The van der Waals surface area contributed by atoms with E-state index in [0.717, 1.165) is 28.1 Å². The molecule has 1 amide bonds. The molecule has 0 aliphatic carbocycles. The molecule has 4 heteroatoms. The molecule has 0 radical (unpaired) electrons. The molecule has 0 atom stereocenters. The van der Waals surface area contributed by atoms with Gasteiger partial charge in [0.15, 0.2) is 0 Å². The molecule has 2 aromatic heterocycles. The van der Waals surface area contributed by atoms with Crippen molar-refractivity contribution in [2.45, 2.75) is 20.3 Å². The van der Waals surface area contributed by atoms with Crippen molar-refractivity contribution in [1.29, 1.82) is 0 Å². The van der Waals surface area contributed by atoms with E-state index in [-0.39, 0.29) is 12.3 Å². The fraction of sp³-hybridized carbons (Fsp3) is 0.150. The Morgan fingerprint density at radius 1 is 1.04 bits per heavy atom. The number of pyridine rings is 2. The van der Waals surface area contributed by atoms with Gasteiger partial charge in [-0.1, -0.05) is 36.4 Å². The topological polar surface area (TPSA) is 54.9 Å². The second-order valence-electron chi connectivity index (χ2n) is 5.68. The molecule has 0 unspecified atom stereocenters. The summed E-state index contributed by atoms with van der Waals surface area (Å²) < 4.78 is 0. The highest BCUT2D eigenvalue weighted by atomic mass is 16.1. The van der Waals surface area contributed by atoms with Crippen molar-refractivity contribution < 1.29 is 4.79 Å². The lowest BCUT2D eigenvalue weighted by Gasteiger charge is -2.12. The fourth-order valence-electron chi connectivity index (χ4n) is 2.57. The molecule has 4 nitrogen and oxygen atoms in total. The van der Waals surface area contributed by atoms with Gasteiger partial charge in [0.1, 0.15) is 5.82 Å². The van der Waals surface area contributed by atoms with E-state index < -0.39 is 0 Å². The van der Waals surface area contributed by atoms with Gasteiger partial charge in [0, 0.05) is 17.6 Å².